The highest BCUT2D eigenvalue weighted by Crippen LogP contribution is 2.29. The summed E-state index contributed by atoms with van der Waals surface area (Å²) in [6, 6.07) is 12.8. The molecule has 2 heterocycles. The van der Waals surface area contributed by atoms with Gasteiger partial charge in [-0.1, -0.05) is 49.4 Å². The van der Waals surface area contributed by atoms with Gasteiger partial charge in [0.1, 0.15) is 5.82 Å². The number of piperazine rings is 1. The molecule has 3 nitrogen and oxygen atoms in total. The average molecular weight is 420 g/mol. The first kappa shape index (κ1) is 25.4. The highest BCUT2D eigenvalue weighted by Gasteiger charge is 2.31. The van der Waals surface area contributed by atoms with E-state index in [0.717, 1.165) is 51.3 Å². The normalized spacial score (nSPS) is 14.0. The minimum absolute atomic E-state index is 0.617. The highest BCUT2D eigenvalue weighted by atomic mass is 19.4. The molecule has 1 aliphatic heterocycles. The summed E-state index contributed by atoms with van der Waals surface area (Å²) in [7, 11) is 2.03. The van der Waals surface area contributed by atoms with E-state index in [4.69, 9.17) is 0 Å². The molecule has 30 heavy (non-hydrogen) atoms. The number of hydrogen-bond donors (Lipinski definition) is 0. The molecule has 0 spiro atoms. The molecule has 1 aromatic heterocycles. The molecule has 0 unspecified atom stereocenters. The summed E-state index contributed by atoms with van der Waals surface area (Å²) in [6.07, 6.45) is 2.43. The number of anilines is 1. The Morgan fingerprint density at radius 2 is 1.57 bits per heavy atom. The van der Waals surface area contributed by atoms with Crippen LogP contribution in [0.5, 0.6) is 0 Å². The van der Waals surface area contributed by atoms with E-state index in [1.807, 2.05) is 42.3 Å². The smallest absolute Gasteiger partial charge is 0.354 e. The zero-order valence-corrected chi connectivity index (χ0v) is 17.9. The van der Waals surface area contributed by atoms with Gasteiger partial charge >= 0.3 is 6.18 Å². The number of aromatic nitrogens is 1. The molecule has 1 aliphatic rings. The van der Waals surface area contributed by atoms with Crippen LogP contribution in [-0.2, 0) is 12.6 Å². The van der Waals surface area contributed by atoms with Crippen LogP contribution < -0.4 is 4.90 Å². The van der Waals surface area contributed by atoms with Gasteiger partial charge in [-0.15, -0.1) is 13.2 Å². The van der Waals surface area contributed by atoms with Gasteiger partial charge in [-0.2, -0.15) is 13.2 Å². The van der Waals surface area contributed by atoms with Crippen LogP contribution in [-0.4, -0.2) is 43.1 Å². The van der Waals surface area contributed by atoms with E-state index < -0.39 is 11.7 Å². The fraction of sp³-hybridized carbons (Fsp3) is 0.375. The predicted octanol–water partition coefficient (Wildman–Crippen LogP) is 5.85. The Morgan fingerprint density at radius 1 is 0.967 bits per heavy atom. The molecule has 0 aliphatic carbocycles. The van der Waals surface area contributed by atoms with Gasteiger partial charge < -0.3 is 9.80 Å². The molecule has 0 amide bonds. The molecule has 0 saturated carbocycles. The zero-order chi connectivity index (χ0) is 22.4. The monoisotopic (exact) mass is 419 g/mol. The largest absolute Gasteiger partial charge is 0.417 e. The van der Waals surface area contributed by atoms with Gasteiger partial charge in [-0.25, -0.2) is 4.98 Å². The average Bonchev–Trinajstić information content (AvgIpc) is 2.75. The number of benzene rings is 1. The lowest BCUT2D eigenvalue weighted by molar-refractivity contribution is -0.137. The Labute approximate surface area is 178 Å². The first-order valence-corrected chi connectivity index (χ1v) is 10.0. The van der Waals surface area contributed by atoms with Crippen LogP contribution in [0.25, 0.3) is 0 Å². The Kier molecular flexibility index (Phi) is 11.5. The Balaban J connectivity index is 0.000000289. The molecule has 2 aromatic rings. The second-order valence-corrected chi connectivity index (χ2v) is 6.87. The van der Waals surface area contributed by atoms with Gasteiger partial charge in [0.25, 0.3) is 0 Å². The van der Waals surface area contributed by atoms with Crippen molar-refractivity contribution in [3.63, 3.8) is 0 Å². The Morgan fingerprint density at radius 3 is 2.00 bits per heavy atom. The number of pyridine rings is 1. The van der Waals surface area contributed by atoms with Crippen molar-refractivity contribution < 1.29 is 13.2 Å². The fourth-order valence-electron chi connectivity index (χ4n) is 2.56. The highest BCUT2D eigenvalue weighted by molar-refractivity contribution is 5.40. The van der Waals surface area contributed by atoms with Crippen LogP contribution in [0.2, 0.25) is 0 Å². The van der Waals surface area contributed by atoms with E-state index in [2.05, 4.69) is 42.1 Å². The molecule has 0 N–H and O–H groups in total. The molecule has 1 fully saturated rings. The van der Waals surface area contributed by atoms with E-state index >= 15 is 0 Å². The maximum absolute atomic E-state index is 12.4. The van der Waals surface area contributed by atoms with Crippen LogP contribution in [0.15, 0.2) is 74.0 Å². The molecule has 164 valence electrons. The van der Waals surface area contributed by atoms with Crippen molar-refractivity contribution >= 4 is 5.82 Å². The predicted molar refractivity (Wildman–Crippen MR) is 120 cm³/mol. The van der Waals surface area contributed by atoms with Crippen LogP contribution in [0.3, 0.4) is 0 Å². The maximum Gasteiger partial charge on any atom is 0.417 e. The quantitative estimate of drug-likeness (QED) is 0.580. The van der Waals surface area contributed by atoms with Crippen molar-refractivity contribution in [2.24, 2.45) is 0 Å². The molecule has 0 radical (unpaired) electrons. The van der Waals surface area contributed by atoms with Gasteiger partial charge in [-0.05, 0) is 37.6 Å². The Hall–Kier alpha value is -2.60. The van der Waals surface area contributed by atoms with Gasteiger partial charge in [0.2, 0.25) is 0 Å². The minimum atomic E-state index is -4.31. The number of hydrogen-bond acceptors (Lipinski definition) is 3. The summed E-state index contributed by atoms with van der Waals surface area (Å²) >= 11 is 0. The lowest BCUT2D eigenvalue weighted by Crippen LogP contribution is -2.44. The number of likely N-dealkylation sites (N-methyl/N-ethyl adjacent to an activating group) is 1. The molecular weight excluding hydrogens is 387 g/mol. The molecule has 3 rings (SSSR count). The van der Waals surface area contributed by atoms with Crippen LogP contribution in [0.1, 0.15) is 24.5 Å². The van der Waals surface area contributed by atoms with Crippen molar-refractivity contribution in [3.05, 3.63) is 85.1 Å². The van der Waals surface area contributed by atoms with E-state index in [1.54, 1.807) is 0 Å². The molecule has 0 atom stereocenters. The van der Waals surface area contributed by atoms with E-state index in [9.17, 15) is 13.2 Å². The van der Waals surface area contributed by atoms with E-state index in [1.165, 1.54) is 11.6 Å². The first-order valence-electron chi connectivity index (χ1n) is 10.0. The summed E-state index contributed by atoms with van der Waals surface area (Å²) in [5.74, 6) is 0.617. The molecule has 1 saturated heterocycles. The molecule has 1 aromatic carbocycles. The lowest BCUT2D eigenvalue weighted by atomic mass is 10.2. The number of halogens is 3. The fourth-order valence-corrected chi connectivity index (χ4v) is 2.56. The first-order chi connectivity index (χ1) is 14.3. The minimum Gasteiger partial charge on any atom is -0.354 e. The second-order valence-electron chi connectivity index (χ2n) is 6.87. The van der Waals surface area contributed by atoms with Crippen LogP contribution >= 0.6 is 0 Å². The van der Waals surface area contributed by atoms with Crippen LogP contribution in [0.4, 0.5) is 19.0 Å². The second kappa shape index (κ2) is 13.6. The maximum atomic E-state index is 12.4. The lowest BCUT2D eigenvalue weighted by Gasteiger charge is -2.33. The zero-order valence-electron chi connectivity index (χ0n) is 17.9. The van der Waals surface area contributed by atoms with E-state index in [0.29, 0.717) is 5.82 Å². The number of allylic oxidation sites excluding steroid dienone is 2. The molecule has 6 heteroatoms. The number of alkyl halides is 3. The van der Waals surface area contributed by atoms with Crippen LogP contribution in [0, 0.1) is 0 Å². The molecular formula is C24H32F3N3. The van der Waals surface area contributed by atoms with Gasteiger partial charge in [0.05, 0.1) is 5.56 Å². The summed E-state index contributed by atoms with van der Waals surface area (Å²) in [5.41, 5.74) is 0.628. The summed E-state index contributed by atoms with van der Waals surface area (Å²) in [4.78, 5) is 8.06. The van der Waals surface area contributed by atoms with Gasteiger partial charge in [0, 0.05) is 32.4 Å². The van der Waals surface area contributed by atoms with Crippen molar-refractivity contribution in [3.8, 4) is 0 Å². The topological polar surface area (TPSA) is 19.4 Å². The van der Waals surface area contributed by atoms with Gasteiger partial charge in [-0.3, -0.25) is 0 Å². The number of rotatable bonds is 4. The van der Waals surface area contributed by atoms with Crippen molar-refractivity contribution in [1.29, 1.82) is 0 Å². The third-order valence-corrected chi connectivity index (χ3v) is 4.41. The van der Waals surface area contributed by atoms with Crippen molar-refractivity contribution in [2.45, 2.75) is 25.9 Å². The Bertz CT molecular complexity index is 720. The third kappa shape index (κ3) is 9.74. The van der Waals surface area contributed by atoms with Crippen molar-refractivity contribution in [2.75, 3.05) is 38.1 Å². The van der Waals surface area contributed by atoms with Gasteiger partial charge in [0.15, 0.2) is 0 Å². The summed E-state index contributed by atoms with van der Waals surface area (Å²) < 4.78 is 37.1. The standard InChI is InChI=1S/C11H14F3N3.C9H10.C4H8/c1-16-4-6-17(7-5-16)10-3-2-9(8-15-10)11(12,13)14;1-2-6-9-7-4-3-5-8-9;1-3-4-2/h2-3,8H,4-7H2,1H3;2-5,7-8H,1,6H2;3H,1,4H2,2H3. The summed E-state index contributed by atoms with van der Waals surface area (Å²) in [5, 5.41) is 0. The SMILES string of the molecule is C=CCC.C=CCc1ccccc1.CN1CCN(c2ccc(C(F)(F)F)cn2)CC1. The van der Waals surface area contributed by atoms with E-state index in [-0.39, 0.29) is 0 Å². The molecule has 0 bridgehead atoms. The third-order valence-electron chi connectivity index (χ3n) is 4.41. The van der Waals surface area contributed by atoms with Crippen molar-refractivity contribution in [1.82, 2.24) is 9.88 Å². The summed E-state index contributed by atoms with van der Waals surface area (Å²) in [6.45, 7) is 12.6. The number of nitrogens with zero attached hydrogens (tertiary/aromatic N) is 3.